The summed E-state index contributed by atoms with van der Waals surface area (Å²) in [6.45, 7) is 8.62. The predicted molar refractivity (Wildman–Crippen MR) is 73.5 cm³/mol. The molecule has 2 rings (SSSR count). The smallest absolute Gasteiger partial charge is 0.146 e. The largest absolute Gasteiger partial charge is 0.355 e. The van der Waals surface area contributed by atoms with Crippen LogP contribution >= 0.6 is 0 Å². The lowest BCUT2D eigenvalue weighted by molar-refractivity contribution is 0.237. The first kappa shape index (κ1) is 12.9. The first-order chi connectivity index (χ1) is 8.58. The van der Waals surface area contributed by atoms with E-state index in [-0.39, 0.29) is 0 Å². The van der Waals surface area contributed by atoms with Gasteiger partial charge in [-0.05, 0) is 37.3 Å². The Bertz CT molecular complexity index is 465. The molecule has 1 aromatic rings. The number of hydrogen-bond donors (Lipinski definition) is 0. The summed E-state index contributed by atoms with van der Waals surface area (Å²) < 4.78 is 0. The van der Waals surface area contributed by atoms with E-state index in [0.717, 1.165) is 24.6 Å². The molecule has 3 nitrogen and oxygen atoms in total. The summed E-state index contributed by atoms with van der Waals surface area (Å²) in [5.41, 5.74) is 2.14. The maximum Gasteiger partial charge on any atom is 0.146 e. The fraction of sp³-hybridized carbons (Fsp3) is 0.600. The molecule has 1 fully saturated rings. The minimum atomic E-state index is 0.465. The van der Waals surface area contributed by atoms with Crippen molar-refractivity contribution >= 4 is 5.82 Å². The number of anilines is 1. The molecule has 0 aliphatic carbocycles. The third-order valence-electron chi connectivity index (χ3n) is 4.26. The summed E-state index contributed by atoms with van der Waals surface area (Å²) >= 11 is 0. The number of aromatic nitrogens is 1. The van der Waals surface area contributed by atoms with Crippen LogP contribution in [0, 0.1) is 23.7 Å². The zero-order valence-corrected chi connectivity index (χ0v) is 11.5. The van der Waals surface area contributed by atoms with E-state index in [2.05, 4.69) is 29.8 Å². The molecule has 0 spiro atoms. The molecule has 0 aromatic carbocycles. The Morgan fingerprint density at radius 2 is 2.06 bits per heavy atom. The van der Waals surface area contributed by atoms with E-state index < -0.39 is 0 Å². The molecule has 2 heterocycles. The van der Waals surface area contributed by atoms with E-state index in [9.17, 15) is 5.26 Å². The van der Waals surface area contributed by atoms with Crippen molar-refractivity contribution in [2.75, 3.05) is 18.0 Å². The molecule has 1 saturated heterocycles. The van der Waals surface area contributed by atoms with E-state index >= 15 is 0 Å². The van der Waals surface area contributed by atoms with Gasteiger partial charge in [0.15, 0.2) is 0 Å². The Labute approximate surface area is 109 Å². The van der Waals surface area contributed by atoms with Gasteiger partial charge in [0.1, 0.15) is 11.9 Å². The van der Waals surface area contributed by atoms with Crippen molar-refractivity contribution in [1.82, 2.24) is 4.98 Å². The van der Waals surface area contributed by atoms with Gasteiger partial charge in [0.2, 0.25) is 0 Å². The van der Waals surface area contributed by atoms with Crippen molar-refractivity contribution in [3.05, 3.63) is 23.4 Å². The number of nitriles is 1. The number of pyridine rings is 1. The average molecular weight is 243 g/mol. The van der Waals surface area contributed by atoms with E-state index in [1.165, 1.54) is 19.3 Å². The molecule has 0 unspecified atom stereocenters. The number of nitrogens with zero attached hydrogens (tertiary/aromatic N) is 3. The van der Waals surface area contributed by atoms with Crippen molar-refractivity contribution in [3.8, 4) is 6.07 Å². The molecular formula is C15H21N3. The second-order valence-corrected chi connectivity index (χ2v) is 5.59. The second-order valence-electron chi connectivity index (χ2n) is 5.59. The molecule has 0 saturated carbocycles. The van der Waals surface area contributed by atoms with Gasteiger partial charge < -0.3 is 4.90 Å². The average Bonchev–Trinajstić information content (AvgIpc) is 2.39. The first-order valence-electron chi connectivity index (χ1n) is 6.71. The third kappa shape index (κ3) is 2.48. The van der Waals surface area contributed by atoms with Gasteiger partial charge in [-0.3, -0.25) is 0 Å². The Hall–Kier alpha value is -1.56. The molecule has 0 bridgehead atoms. The fourth-order valence-electron chi connectivity index (χ4n) is 2.48. The summed E-state index contributed by atoms with van der Waals surface area (Å²) in [6, 6.07) is 6.04. The van der Waals surface area contributed by atoms with Gasteiger partial charge in [-0.25, -0.2) is 4.98 Å². The van der Waals surface area contributed by atoms with Crippen LogP contribution in [-0.2, 0) is 0 Å². The zero-order valence-electron chi connectivity index (χ0n) is 11.5. The van der Waals surface area contributed by atoms with E-state index in [1.807, 2.05) is 19.1 Å². The van der Waals surface area contributed by atoms with Gasteiger partial charge in [-0.1, -0.05) is 20.3 Å². The topological polar surface area (TPSA) is 39.9 Å². The molecule has 96 valence electrons. The standard InChI is InChI=1S/C15H21N3/c1-4-15(3)7-9-18(10-8-15)14-13(11-16)6-5-12(2)17-14/h5-6H,4,7-10H2,1-3H3. The lowest BCUT2D eigenvalue weighted by atomic mass is 9.78. The van der Waals surface area contributed by atoms with E-state index in [0.29, 0.717) is 11.0 Å². The van der Waals surface area contributed by atoms with E-state index in [4.69, 9.17) is 0 Å². The highest BCUT2D eigenvalue weighted by atomic mass is 15.2. The number of piperidine rings is 1. The molecule has 1 aliphatic rings. The molecule has 1 aromatic heterocycles. The van der Waals surface area contributed by atoms with Gasteiger partial charge in [0.05, 0.1) is 5.56 Å². The lowest BCUT2D eigenvalue weighted by Crippen LogP contribution is -2.39. The molecule has 0 amide bonds. The van der Waals surface area contributed by atoms with Crippen LogP contribution in [0.4, 0.5) is 5.82 Å². The van der Waals surface area contributed by atoms with Crippen molar-refractivity contribution in [3.63, 3.8) is 0 Å². The maximum absolute atomic E-state index is 9.17. The van der Waals surface area contributed by atoms with Gasteiger partial charge in [0, 0.05) is 18.8 Å². The minimum absolute atomic E-state index is 0.465. The van der Waals surface area contributed by atoms with Gasteiger partial charge in [0.25, 0.3) is 0 Å². The fourth-order valence-corrected chi connectivity index (χ4v) is 2.48. The summed E-state index contributed by atoms with van der Waals surface area (Å²) in [5, 5.41) is 9.17. The first-order valence-corrected chi connectivity index (χ1v) is 6.71. The Kier molecular flexibility index (Phi) is 3.56. The van der Waals surface area contributed by atoms with Crippen molar-refractivity contribution < 1.29 is 0 Å². The minimum Gasteiger partial charge on any atom is -0.355 e. The van der Waals surface area contributed by atoms with Crippen LogP contribution in [0.3, 0.4) is 0 Å². The van der Waals surface area contributed by atoms with Gasteiger partial charge in [-0.15, -0.1) is 0 Å². The number of hydrogen-bond acceptors (Lipinski definition) is 3. The molecule has 1 aliphatic heterocycles. The Balaban J connectivity index is 2.20. The van der Waals surface area contributed by atoms with Crippen LogP contribution in [0.1, 0.15) is 44.4 Å². The summed E-state index contributed by atoms with van der Waals surface area (Å²) in [5.74, 6) is 0.871. The Morgan fingerprint density at radius 3 is 2.61 bits per heavy atom. The highest BCUT2D eigenvalue weighted by molar-refractivity contribution is 5.54. The summed E-state index contributed by atoms with van der Waals surface area (Å²) in [4.78, 5) is 6.81. The molecule has 3 heteroatoms. The molecular weight excluding hydrogens is 222 g/mol. The molecule has 0 radical (unpaired) electrons. The summed E-state index contributed by atoms with van der Waals surface area (Å²) in [6.07, 6.45) is 3.60. The highest BCUT2D eigenvalue weighted by Crippen LogP contribution is 2.35. The number of aryl methyl sites for hydroxylation is 1. The number of rotatable bonds is 2. The second kappa shape index (κ2) is 4.97. The van der Waals surface area contributed by atoms with Crippen LogP contribution in [0.15, 0.2) is 12.1 Å². The van der Waals surface area contributed by atoms with Crippen molar-refractivity contribution in [1.29, 1.82) is 5.26 Å². The Morgan fingerprint density at radius 1 is 1.39 bits per heavy atom. The summed E-state index contributed by atoms with van der Waals surface area (Å²) in [7, 11) is 0. The van der Waals surface area contributed by atoms with Gasteiger partial charge in [-0.2, -0.15) is 5.26 Å². The zero-order chi connectivity index (χ0) is 13.2. The normalized spacial score (nSPS) is 18.4. The van der Waals surface area contributed by atoms with Gasteiger partial charge >= 0.3 is 0 Å². The highest BCUT2D eigenvalue weighted by Gasteiger charge is 2.29. The van der Waals surface area contributed by atoms with E-state index in [1.54, 1.807) is 0 Å². The molecule has 0 atom stereocenters. The maximum atomic E-state index is 9.17. The van der Waals surface area contributed by atoms with Crippen LogP contribution in [-0.4, -0.2) is 18.1 Å². The SMILES string of the molecule is CCC1(C)CCN(c2nc(C)ccc2C#N)CC1. The van der Waals surface area contributed by atoms with Crippen LogP contribution in [0.2, 0.25) is 0 Å². The van der Waals surface area contributed by atoms with Crippen LogP contribution in [0.25, 0.3) is 0 Å². The predicted octanol–water partition coefficient (Wildman–Crippen LogP) is 3.28. The quantitative estimate of drug-likeness (QED) is 0.800. The van der Waals surface area contributed by atoms with Crippen molar-refractivity contribution in [2.45, 2.75) is 40.0 Å². The van der Waals surface area contributed by atoms with Crippen LogP contribution in [0.5, 0.6) is 0 Å². The van der Waals surface area contributed by atoms with Crippen molar-refractivity contribution in [2.24, 2.45) is 5.41 Å². The lowest BCUT2D eigenvalue weighted by Gasteiger charge is -2.39. The monoisotopic (exact) mass is 243 g/mol. The molecule has 0 N–H and O–H groups in total. The molecule has 18 heavy (non-hydrogen) atoms. The van der Waals surface area contributed by atoms with Crippen LogP contribution < -0.4 is 4.90 Å². The third-order valence-corrected chi connectivity index (χ3v) is 4.26.